The zero-order valence-electron chi connectivity index (χ0n) is 11.5. The highest BCUT2D eigenvalue weighted by molar-refractivity contribution is 5.89. The molecule has 3 nitrogen and oxygen atoms in total. The van der Waals surface area contributed by atoms with E-state index in [9.17, 15) is 4.79 Å². The van der Waals surface area contributed by atoms with Crippen molar-refractivity contribution in [3.8, 4) is 0 Å². The van der Waals surface area contributed by atoms with Crippen molar-refractivity contribution < 1.29 is 14.3 Å². The van der Waals surface area contributed by atoms with Crippen LogP contribution in [0.5, 0.6) is 0 Å². The Kier molecular flexibility index (Phi) is 4.74. The second-order valence-corrected chi connectivity index (χ2v) is 4.78. The molecule has 0 saturated heterocycles. The largest absolute Gasteiger partial charge is 0.463 e. The van der Waals surface area contributed by atoms with Gasteiger partial charge in [0, 0.05) is 5.57 Å². The summed E-state index contributed by atoms with van der Waals surface area (Å²) in [6.07, 6.45) is 1.93. The summed E-state index contributed by atoms with van der Waals surface area (Å²) >= 11 is 0. The van der Waals surface area contributed by atoms with Gasteiger partial charge in [-0.05, 0) is 32.3 Å². The van der Waals surface area contributed by atoms with Crippen molar-refractivity contribution in [1.82, 2.24) is 0 Å². The van der Waals surface area contributed by atoms with Crippen LogP contribution in [0.15, 0.2) is 41.5 Å². The van der Waals surface area contributed by atoms with E-state index in [1.165, 1.54) is 5.56 Å². The van der Waals surface area contributed by atoms with E-state index >= 15 is 0 Å². The fourth-order valence-electron chi connectivity index (χ4n) is 2.09. The summed E-state index contributed by atoms with van der Waals surface area (Å²) in [5.74, 6) is -0.195. The van der Waals surface area contributed by atoms with E-state index < -0.39 is 0 Å². The minimum absolute atomic E-state index is 0.195. The van der Waals surface area contributed by atoms with Crippen LogP contribution < -0.4 is 0 Å². The second kappa shape index (κ2) is 6.53. The minimum atomic E-state index is -0.195. The molecule has 1 aromatic rings. The topological polar surface area (TPSA) is 35.5 Å². The molecule has 1 aromatic carbocycles. The van der Waals surface area contributed by atoms with E-state index in [4.69, 9.17) is 9.47 Å². The Morgan fingerprint density at radius 2 is 1.95 bits per heavy atom. The van der Waals surface area contributed by atoms with Crippen LogP contribution in [0.4, 0.5) is 0 Å². The normalized spacial score (nSPS) is 17.8. The van der Waals surface area contributed by atoms with Crippen molar-refractivity contribution >= 4 is 5.97 Å². The molecule has 0 atom stereocenters. The Labute approximate surface area is 114 Å². The summed E-state index contributed by atoms with van der Waals surface area (Å²) in [5, 5.41) is 0. The highest BCUT2D eigenvalue weighted by Gasteiger charge is 2.27. The first-order valence-corrected chi connectivity index (χ1v) is 6.72. The van der Waals surface area contributed by atoms with Crippen molar-refractivity contribution in [2.24, 2.45) is 0 Å². The summed E-state index contributed by atoms with van der Waals surface area (Å²) in [7, 11) is 0. The van der Waals surface area contributed by atoms with Crippen LogP contribution in [0.3, 0.4) is 0 Å². The fourth-order valence-corrected chi connectivity index (χ4v) is 2.09. The Bertz CT molecular complexity index is 454. The molecule has 0 bridgehead atoms. The summed E-state index contributed by atoms with van der Waals surface area (Å²) in [6.45, 7) is 4.72. The Hall–Kier alpha value is -1.61. The van der Waals surface area contributed by atoms with Gasteiger partial charge in [0.2, 0.25) is 0 Å². The lowest BCUT2D eigenvalue weighted by molar-refractivity contribution is -0.138. The van der Waals surface area contributed by atoms with Crippen LogP contribution in [0.25, 0.3) is 0 Å². The zero-order chi connectivity index (χ0) is 13.7. The molecule has 0 spiro atoms. The maximum Gasteiger partial charge on any atom is 0.333 e. The summed E-state index contributed by atoms with van der Waals surface area (Å²) < 4.78 is 10.8. The molecule has 0 heterocycles. The van der Waals surface area contributed by atoms with Crippen molar-refractivity contribution in [2.75, 3.05) is 6.61 Å². The lowest BCUT2D eigenvalue weighted by atomic mass is 9.85. The molecular formula is C16H20O3. The third-order valence-corrected chi connectivity index (χ3v) is 3.39. The SMILES string of the molecule is CCOC(=O)C(C)=C1CC(OCc2ccccc2)C1. The Morgan fingerprint density at radius 1 is 1.26 bits per heavy atom. The molecule has 0 aromatic heterocycles. The van der Waals surface area contributed by atoms with E-state index in [0.717, 1.165) is 24.0 Å². The van der Waals surface area contributed by atoms with Gasteiger partial charge in [0.1, 0.15) is 0 Å². The lowest BCUT2D eigenvalue weighted by Crippen LogP contribution is -2.26. The molecule has 0 unspecified atom stereocenters. The van der Waals surface area contributed by atoms with Gasteiger partial charge in [-0.2, -0.15) is 0 Å². The van der Waals surface area contributed by atoms with E-state index in [1.54, 1.807) is 0 Å². The number of hydrogen-bond acceptors (Lipinski definition) is 3. The van der Waals surface area contributed by atoms with Gasteiger partial charge in [0.05, 0.1) is 19.3 Å². The van der Waals surface area contributed by atoms with E-state index in [1.807, 2.05) is 32.0 Å². The Morgan fingerprint density at radius 3 is 2.58 bits per heavy atom. The van der Waals surface area contributed by atoms with Crippen LogP contribution >= 0.6 is 0 Å². The molecule has 3 heteroatoms. The number of hydrogen-bond donors (Lipinski definition) is 0. The lowest BCUT2D eigenvalue weighted by Gasteiger charge is -2.30. The van der Waals surface area contributed by atoms with Crippen LogP contribution in [0, 0.1) is 0 Å². The molecule has 1 fully saturated rings. The van der Waals surface area contributed by atoms with Gasteiger partial charge in [-0.25, -0.2) is 4.79 Å². The molecule has 0 N–H and O–H groups in total. The molecule has 2 rings (SSSR count). The highest BCUT2D eigenvalue weighted by atomic mass is 16.5. The monoisotopic (exact) mass is 260 g/mol. The van der Waals surface area contributed by atoms with Gasteiger partial charge in [0.25, 0.3) is 0 Å². The van der Waals surface area contributed by atoms with Crippen LogP contribution in [-0.4, -0.2) is 18.7 Å². The number of ether oxygens (including phenoxy) is 2. The highest BCUT2D eigenvalue weighted by Crippen LogP contribution is 2.32. The van der Waals surface area contributed by atoms with E-state index in [-0.39, 0.29) is 12.1 Å². The molecule has 0 radical (unpaired) electrons. The van der Waals surface area contributed by atoms with Crippen LogP contribution in [0.2, 0.25) is 0 Å². The van der Waals surface area contributed by atoms with Crippen molar-refractivity contribution in [1.29, 1.82) is 0 Å². The van der Waals surface area contributed by atoms with Gasteiger partial charge in [-0.3, -0.25) is 0 Å². The number of benzene rings is 1. The van der Waals surface area contributed by atoms with E-state index in [0.29, 0.717) is 13.2 Å². The summed E-state index contributed by atoms with van der Waals surface area (Å²) in [6, 6.07) is 10.1. The standard InChI is InChI=1S/C16H20O3/c1-3-18-16(17)12(2)14-9-15(10-14)19-11-13-7-5-4-6-8-13/h4-8,15H,3,9-11H2,1-2H3. The first-order valence-electron chi connectivity index (χ1n) is 6.72. The number of carbonyl (C=O) groups is 1. The Balaban J connectivity index is 1.77. The third-order valence-electron chi connectivity index (χ3n) is 3.39. The predicted molar refractivity (Wildman–Crippen MR) is 73.6 cm³/mol. The third kappa shape index (κ3) is 3.67. The molecular weight excluding hydrogens is 240 g/mol. The van der Waals surface area contributed by atoms with Crippen LogP contribution in [-0.2, 0) is 20.9 Å². The van der Waals surface area contributed by atoms with Gasteiger partial charge >= 0.3 is 5.97 Å². The zero-order valence-corrected chi connectivity index (χ0v) is 11.5. The van der Waals surface area contributed by atoms with Gasteiger partial charge in [0.15, 0.2) is 0 Å². The number of rotatable bonds is 5. The van der Waals surface area contributed by atoms with Crippen LogP contribution in [0.1, 0.15) is 32.3 Å². The average molecular weight is 260 g/mol. The van der Waals surface area contributed by atoms with Gasteiger partial charge in [-0.15, -0.1) is 0 Å². The maximum atomic E-state index is 11.5. The first kappa shape index (κ1) is 13.8. The molecule has 102 valence electrons. The molecule has 0 aliphatic heterocycles. The quantitative estimate of drug-likeness (QED) is 0.602. The maximum absolute atomic E-state index is 11.5. The van der Waals surface area contributed by atoms with Gasteiger partial charge in [-0.1, -0.05) is 35.9 Å². The fraction of sp³-hybridized carbons (Fsp3) is 0.438. The van der Waals surface area contributed by atoms with Crippen molar-refractivity contribution in [3.05, 3.63) is 47.0 Å². The summed E-state index contributed by atoms with van der Waals surface area (Å²) in [4.78, 5) is 11.5. The molecule has 0 amide bonds. The number of esters is 1. The average Bonchev–Trinajstić information content (AvgIpc) is 2.38. The van der Waals surface area contributed by atoms with Crippen molar-refractivity contribution in [2.45, 2.75) is 39.4 Å². The van der Waals surface area contributed by atoms with E-state index in [2.05, 4.69) is 12.1 Å². The van der Waals surface area contributed by atoms with Crippen molar-refractivity contribution in [3.63, 3.8) is 0 Å². The number of carbonyl (C=O) groups excluding carboxylic acids is 1. The predicted octanol–water partition coefficient (Wildman–Crippen LogP) is 3.25. The van der Waals surface area contributed by atoms with Gasteiger partial charge < -0.3 is 9.47 Å². The minimum Gasteiger partial charge on any atom is -0.463 e. The first-order chi connectivity index (χ1) is 9.20. The summed E-state index contributed by atoms with van der Waals surface area (Å²) in [5.41, 5.74) is 3.10. The molecule has 1 saturated carbocycles. The molecule has 1 aliphatic carbocycles. The smallest absolute Gasteiger partial charge is 0.333 e. The molecule has 19 heavy (non-hydrogen) atoms. The molecule has 1 aliphatic rings. The second-order valence-electron chi connectivity index (χ2n) is 4.78.